The van der Waals surface area contributed by atoms with Gasteiger partial charge < -0.3 is 10.6 Å². The van der Waals surface area contributed by atoms with Crippen molar-refractivity contribution in [3.63, 3.8) is 0 Å². The predicted octanol–water partition coefficient (Wildman–Crippen LogP) is 1.39. The highest BCUT2D eigenvalue weighted by molar-refractivity contribution is 5.79. The number of rotatable bonds is 4. The average molecular weight is 192 g/mol. The fourth-order valence-electron chi connectivity index (χ4n) is 1.36. The number of anilines is 1. The second-order valence-electron chi connectivity index (χ2n) is 3.52. The molecular weight excluding hydrogens is 176 g/mol. The Balaban J connectivity index is 2.83. The van der Waals surface area contributed by atoms with Crippen LogP contribution in [0.3, 0.4) is 0 Å². The Labute approximate surface area is 84.5 Å². The number of nitrogens with two attached hydrogens (primary N) is 1. The smallest absolute Gasteiger partial charge is 0.236 e. The van der Waals surface area contributed by atoms with Crippen LogP contribution in [0.2, 0.25) is 0 Å². The molecular formula is C11H16N2O. The van der Waals surface area contributed by atoms with Crippen molar-refractivity contribution in [2.45, 2.75) is 19.9 Å². The van der Waals surface area contributed by atoms with Gasteiger partial charge in [-0.1, -0.05) is 18.2 Å². The maximum absolute atomic E-state index is 10.9. The molecule has 1 rings (SSSR count). The van der Waals surface area contributed by atoms with E-state index in [2.05, 4.69) is 0 Å². The van der Waals surface area contributed by atoms with Crippen LogP contribution in [-0.2, 0) is 4.79 Å². The molecule has 2 N–H and O–H groups in total. The highest BCUT2D eigenvalue weighted by atomic mass is 16.1. The molecule has 0 fully saturated rings. The fraction of sp³-hybridized carbons (Fsp3) is 0.364. The van der Waals surface area contributed by atoms with E-state index in [-0.39, 0.29) is 18.5 Å². The lowest BCUT2D eigenvalue weighted by molar-refractivity contribution is -0.116. The molecule has 1 aromatic rings. The lowest BCUT2D eigenvalue weighted by atomic mass is 10.2. The molecule has 0 aromatic heterocycles. The highest BCUT2D eigenvalue weighted by Gasteiger charge is 2.11. The van der Waals surface area contributed by atoms with Gasteiger partial charge in [-0.2, -0.15) is 0 Å². The Morgan fingerprint density at radius 2 is 1.93 bits per heavy atom. The van der Waals surface area contributed by atoms with E-state index in [1.54, 1.807) is 0 Å². The van der Waals surface area contributed by atoms with Gasteiger partial charge in [0.05, 0.1) is 6.54 Å². The molecule has 0 atom stereocenters. The molecule has 14 heavy (non-hydrogen) atoms. The summed E-state index contributed by atoms with van der Waals surface area (Å²) in [6.45, 7) is 4.34. The van der Waals surface area contributed by atoms with Crippen molar-refractivity contribution in [3.05, 3.63) is 30.3 Å². The van der Waals surface area contributed by atoms with E-state index in [4.69, 9.17) is 5.73 Å². The van der Waals surface area contributed by atoms with Gasteiger partial charge in [-0.15, -0.1) is 0 Å². The number of hydrogen-bond donors (Lipinski definition) is 1. The summed E-state index contributed by atoms with van der Waals surface area (Å²) >= 11 is 0. The number of nitrogens with zero attached hydrogens (tertiary/aromatic N) is 1. The zero-order valence-corrected chi connectivity index (χ0v) is 8.60. The van der Waals surface area contributed by atoms with E-state index in [0.29, 0.717) is 0 Å². The number of carbonyl (C=O) groups excluding carboxylic acids is 1. The molecule has 0 radical (unpaired) electrons. The summed E-state index contributed by atoms with van der Waals surface area (Å²) in [5.41, 5.74) is 6.22. The maximum Gasteiger partial charge on any atom is 0.236 e. The minimum Gasteiger partial charge on any atom is -0.368 e. The van der Waals surface area contributed by atoms with Crippen LogP contribution in [-0.4, -0.2) is 18.5 Å². The largest absolute Gasteiger partial charge is 0.368 e. The summed E-state index contributed by atoms with van der Waals surface area (Å²) in [5, 5.41) is 0. The molecule has 0 aliphatic heterocycles. The van der Waals surface area contributed by atoms with Gasteiger partial charge in [-0.05, 0) is 26.0 Å². The van der Waals surface area contributed by atoms with Crippen molar-refractivity contribution in [1.82, 2.24) is 0 Å². The normalized spacial score (nSPS) is 10.2. The van der Waals surface area contributed by atoms with Crippen LogP contribution < -0.4 is 10.6 Å². The van der Waals surface area contributed by atoms with E-state index in [9.17, 15) is 4.79 Å². The van der Waals surface area contributed by atoms with E-state index >= 15 is 0 Å². The van der Waals surface area contributed by atoms with Crippen molar-refractivity contribution in [2.75, 3.05) is 11.4 Å². The van der Waals surface area contributed by atoms with Crippen LogP contribution in [0.4, 0.5) is 5.69 Å². The molecule has 0 spiro atoms. The monoisotopic (exact) mass is 192 g/mol. The molecule has 1 aromatic carbocycles. The van der Waals surface area contributed by atoms with Crippen molar-refractivity contribution < 1.29 is 4.79 Å². The number of amides is 1. The van der Waals surface area contributed by atoms with Crippen LogP contribution >= 0.6 is 0 Å². The fourth-order valence-corrected chi connectivity index (χ4v) is 1.36. The van der Waals surface area contributed by atoms with E-state index in [0.717, 1.165) is 5.69 Å². The van der Waals surface area contributed by atoms with Gasteiger partial charge in [0.25, 0.3) is 0 Å². The van der Waals surface area contributed by atoms with Gasteiger partial charge in [0.2, 0.25) is 5.91 Å². The predicted molar refractivity (Wildman–Crippen MR) is 58.1 cm³/mol. The first-order valence-electron chi connectivity index (χ1n) is 4.71. The standard InChI is InChI=1S/C11H16N2O/c1-9(2)13(8-11(12)14)10-6-4-3-5-7-10/h3-7,9H,8H2,1-2H3,(H2,12,14). The molecule has 0 aliphatic carbocycles. The lowest BCUT2D eigenvalue weighted by Gasteiger charge is -2.27. The number of primary amides is 1. The van der Waals surface area contributed by atoms with E-state index in [1.165, 1.54) is 0 Å². The van der Waals surface area contributed by atoms with Gasteiger partial charge in [-0.3, -0.25) is 4.79 Å². The first kappa shape index (κ1) is 10.6. The first-order chi connectivity index (χ1) is 6.61. The Bertz CT molecular complexity index is 295. The molecule has 76 valence electrons. The van der Waals surface area contributed by atoms with Crippen molar-refractivity contribution in [2.24, 2.45) is 5.73 Å². The number of hydrogen-bond acceptors (Lipinski definition) is 2. The summed E-state index contributed by atoms with van der Waals surface area (Å²) < 4.78 is 0. The number of para-hydroxylation sites is 1. The quantitative estimate of drug-likeness (QED) is 0.783. The van der Waals surface area contributed by atoms with E-state index < -0.39 is 0 Å². The molecule has 1 amide bonds. The first-order valence-corrected chi connectivity index (χ1v) is 4.71. The topological polar surface area (TPSA) is 46.3 Å². The van der Waals surface area contributed by atoms with Crippen LogP contribution in [0.25, 0.3) is 0 Å². The van der Waals surface area contributed by atoms with Crippen molar-refractivity contribution >= 4 is 11.6 Å². The number of carbonyl (C=O) groups is 1. The summed E-state index contributed by atoms with van der Waals surface area (Å²) in [6, 6.07) is 10.1. The molecule has 0 unspecified atom stereocenters. The van der Waals surface area contributed by atoms with Gasteiger partial charge in [0.15, 0.2) is 0 Å². The summed E-state index contributed by atoms with van der Waals surface area (Å²) in [4.78, 5) is 12.8. The Morgan fingerprint density at radius 3 is 2.36 bits per heavy atom. The molecule has 3 heteroatoms. The van der Waals surface area contributed by atoms with Crippen LogP contribution in [0, 0.1) is 0 Å². The third-order valence-electron chi connectivity index (χ3n) is 2.04. The van der Waals surface area contributed by atoms with Gasteiger partial charge in [0, 0.05) is 11.7 Å². The summed E-state index contributed by atoms with van der Waals surface area (Å²) in [5.74, 6) is -0.303. The molecule has 0 heterocycles. The summed E-state index contributed by atoms with van der Waals surface area (Å²) in [7, 11) is 0. The van der Waals surface area contributed by atoms with Crippen molar-refractivity contribution in [3.8, 4) is 0 Å². The molecule has 0 saturated heterocycles. The third-order valence-corrected chi connectivity index (χ3v) is 2.04. The van der Waals surface area contributed by atoms with Crippen LogP contribution in [0.1, 0.15) is 13.8 Å². The molecule has 0 saturated carbocycles. The molecule has 0 bridgehead atoms. The second-order valence-corrected chi connectivity index (χ2v) is 3.52. The SMILES string of the molecule is CC(C)N(CC(N)=O)c1ccccc1. The zero-order chi connectivity index (χ0) is 10.6. The Hall–Kier alpha value is -1.51. The second kappa shape index (κ2) is 4.65. The Kier molecular flexibility index (Phi) is 3.51. The van der Waals surface area contributed by atoms with Gasteiger partial charge >= 0.3 is 0 Å². The summed E-state index contributed by atoms with van der Waals surface area (Å²) in [6.07, 6.45) is 0. The Morgan fingerprint density at radius 1 is 1.36 bits per heavy atom. The van der Waals surface area contributed by atoms with Crippen LogP contribution in [0.5, 0.6) is 0 Å². The van der Waals surface area contributed by atoms with Crippen LogP contribution in [0.15, 0.2) is 30.3 Å². The molecule has 3 nitrogen and oxygen atoms in total. The van der Waals surface area contributed by atoms with Gasteiger partial charge in [-0.25, -0.2) is 0 Å². The average Bonchev–Trinajstić information content (AvgIpc) is 2.15. The minimum absolute atomic E-state index is 0.266. The zero-order valence-electron chi connectivity index (χ0n) is 8.60. The lowest BCUT2D eigenvalue weighted by Crippen LogP contribution is -2.38. The maximum atomic E-state index is 10.9. The van der Waals surface area contributed by atoms with E-state index in [1.807, 2.05) is 49.1 Å². The van der Waals surface area contributed by atoms with Gasteiger partial charge in [0.1, 0.15) is 0 Å². The van der Waals surface area contributed by atoms with Crippen molar-refractivity contribution in [1.29, 1.82) is 0 Å². The number of benzene rings is 1. The third kappa shape index (κ3) is 2.76. The highest BCUT2D eigenvalue weighted by Crippen LogP contribution is 2.15. The minimum atomic E-state index is -0.303. The molecule has 0 aliphatic rings.